The third kappa shape index (κ3) is 4.19. The molecule has 1 aliphatic heterocycles. The largest absolute Gasteiger partial charge is 0.497 e. The zero-order valence-electron chi connectivity index (χ0n) is 12.7. The summed E-state index contributed by atoms with van der Waals surface area (Å²) >= 11 is 0. The smallest absolute Gasteiger partial charge is 0.152 e. The molecule has 0 unspecified atom stereocenters. The summed E-state index contributed by atoms with van der Waals surface area (Å²) in [7, 11) is 3.27. The summed E-state index contributed by atoms with van der Waals surface area (Å²) in [5, 5.41) is 0. The van der Waals surface area contributed by atoms with Crippen molar-refractivity contribution in [3.8, 4) is 5.75 Å². The molecule has 0 aromatic heterocycles. The third-order valence-electron chi connectivity index (χ3n) is 3.87. The van der Waals surface area contributed by atoms with Gasteiger partial charge in [-0.3, -0.25) is 4.79 Å². The van der Waals surface area contributed by atoms with Crippen molar-refractivity contribution in [2.75, 3.05) is 45.6 Å². The van der Waals surface area contributed by atoms with Gasteiger partial charge in [0.25, 0.3) is 0 Å². The Labute approximate surface area is 125 Å². The first kappa shape index (κ1) is 15.8. The average molecular weight is 293 g/mol. The van der Waals surface area contributed by atoms with Crippen LogP contribution < -0.4 is 9.64 Å². The van der Waals surface area contributed by atoms with Gasteiger partial charge in [0, 0.05) is 31.8 Å². The quantitative estimate of drug-likeness (QED) is 0.439. The molecule has 5 heteroatoms. The highest BCUT2D eigenvalue weighted by Gasteiger charge is 2.21. The van der Waals surface area contributed by atoms with Crippen molar-refractivity contribution >= 4 is 12.0 Å². The third-order valence-corrected chi connectivity index (χ3v) is 3.87. The second kappa shape index (κ2) is 8.00. The van der Waals surface area contributed by atoms with Gasteiger partial charge in [-0.15, -0.1) is 0 Å². The molecule has 0 aliphatic carbocycles. The van der Waals surface area contributed by atoms with E-state index >= 15 is 0 Å². The lowest BCUT2D eigenvalue weighted by Gasteiger charge is -2.34. The lowest BCUT2D eigenvalue weighted by molar-refractivity contribution is -0.0456. The fraction of sp³-hybridized carbons (Fsp3) is 0.562. The number of benzene rings is 1. The van der Waals surface area contributed by atoms with E-state index in [4.69, 9.17) is 14.2 Å². The number of nitrogens with zero attached hydrogens (tertiary/aromatic N) is 1. The summed E-state index contributed by atoms with van der Waals surface area (Å²) in [6.45, 7) is 2.94. The number of hydrogen-bond acceptors (Lipinski definition) is 5. The molecule has 21 heavy (non-hydrogen) atoms. The average Bonchev–Trinajstić information content (AvgIpc) is 2.55. The molecular formula is C16H23NO4. The Bertz CT molecular complexity index is 456. The molecule has 1 aromatic rings. The van der Waals surface area contributed by atoms with E-state index in [1.165, 1.54) is 0 Å². The molecule has 2 rings (SSSR count). The molecule has 0 amide bonds. The van der Waals surface area contributed by atoms with Crippen LogP contribution >= 0.6 is 0 Å². The first-order valence-electron chi connectivity index (χ1n) is 7.23. The van der Waals surface area contributed by atoms with E-state index in [1.54, 1.807) is 14.2 Å². The number of rotatable bonds is 7. The number of piperidine rings is 1. The van der Waals surface area contributed by atoms with E-state index < -0.39 is 0 Å². The van der Waals surface area contributed by atoms with Gasteiger partial charge >= 0.3 is 0 Å². The zero-order chi connectivity index (χ0) is 15.1. The van der Waals surface area contributed by atoms with Gasteiger partial charge in [-0.05, 0) is 30.9 Å². The molecule has 116 valence electrons. The van der Waals surface area contributed by atoms with E-state index in [1.807, 2.05) is 18.2 Å². The van der Waals surface area contributed by atoms with E-state index in [0.717, 1.165) is 50.3 Å². The highest BCUT2D eigenvalue weighted by molar-refractivity contribution is 5.85. The lowest BCUT2D eigenvalue weighted by atomic mass is 9.97. The molecule has 0 saturated carbocycles. The van der Waals surface area contributed by atoms with Crippen molar-refractivity contribution < 1.29 is 19.0 Å². The van der Waals surface area contributed by atoms with Gasteiger partial charge in [0.2, 0.25) is 0 Å². The van der Waals surface area contributed by atoms with Crippen LogP contribution in [0.4, 0.5) is 5.69 Å². The maximum Gasteiger partial charge on any atom is 0.152 e. The van der Waals surface area contributed by atoms with Gasteiger partial charge < -0.3 is 19.1 Å². The molecule has 0 N–H and O–H groups in total. The van der Waals surface area contributed by atoms with Gasteiger partial charge in [-0.25, -0.2) is 0 Å². The minimum absolute atomic E-state index is 0.353. The molecule has 0 spiro atoms. The fourth-order valence-electron chi connectivity index (χ4n) is 2.66. The number of methoxy groups -OCH3 is 2. The van der Waals surface area contributed by atoms with Gasteiger partial charge in [-0.1, -0.05) is 0 Å². The van der Waals surface area contributed by atoms with Gasteiger partial charge in [-0.2, -0.15) is 0 Å². The summed E-state index contributed by atoms with van der Waals surface area (Å²) in [6, 6.07) is 5.57. The van der Waals surface area contributed by atoms with Crippen molar-refractivity contribution in [2.45, 2.75) is 12.8 Å². The maximum absolute atomic E-state index is 11.2. The van der Waals surface area contributed by atoms with Crippen molar-refractivity contribution in [2.24, 2.45) is 5.92 Å². The number of carbonyl (C=O) groups is 1. The van der Waals surface area contributed by atoms with Crippen LogP contribution in [0.5, 0.6) is 5.75 Å². The van der Waals surface area contributed by atoms with Crippen molar-refractivity contribution in [1.82, 2.24) is 0 Å². The summed E-state index contributed by atoms with van der Waals surface area (Å²) < 4.78 is 15.6. The highest BCUT2D eigenvalue weighted by atomic mass is 16.7. The minimum atomic E-state index is 0.353. The van der Waals surface area contributed by atoms with Crippen LogP contribution in [0.25, 0.3) is 0 Å². The fourth-order valence-corrected chi connectivity index (χ4v) is 2.66. The van der Waals surface area contributed by atoms with Gasteiger partial charge in [0.05, 0.1) is 19.4 Å². The topological polar surface area (TPSA) is 48.0 Å². The SMILES string of the molecule is COCOCC1CCN(c2cc(OC)ccc2C=O)CC1. The predicted octanol–water partition coefficient (Wildman–Crippen LogP) is 2.34. The minimum Gasteiger partial charge on any atom is -0.497 e. The molecular weight excluding hydrogens is 270 g/mol. The first-order valence-corrected chi connectivity index (χ1v) is 7.23. The molecule has 0 atom stereocenters. The van der Waals surface area contributed by atoms with Crippen molar-refractivity contribution in [3.63, 3.8) is 0 Å². The standard InChI is InChI=1S/C16H23NO4/c1-19-12-21-11-13-5-7-17(8-6-13)16-9-15(20-2)4-3-14(16)10-18/h3-4,9-10,13H,5-8,11-12H2,1-2H3. The predicted molar refractivity (Wildman–Crippen MR) is 81.1 cm³/mol. The maximum atomic E-state index is 11.2. The molecule has 0 radical (unpaired) electrons. The Hall–Kier alpha value is -1.59. The monoisotopic (exact) mass is 293 g/mol. The van der Waals surface area contributed by atoms with Crippen LogP contribution in [-0.4, -0.2) is 47.0 Å². The molecule has 5 nitrogen and oxygen atoms in total. The lowest BCUT2D eigenvalue weighted by Crippen LogP contribution is -2.35. The van der Waals surface area contributed by atoms with Crippen LogP contribution in [0.3, 0.4) is 0 Å². The number of carbonyl (C=O) groups excluding carboxylic acids is 1. The zero-order valence-corrected chi connectivity index (χ0v) is 12.7. The molecule has 1 aromatic carbocycles. The number of aldehydes is 1. The number of ether oxygens (including phenoxy) is 3. The first-order chi connectivity index (χ1) is 10.3. The molecule has 1 fully saturated rings. The van der Waals surface area contributed by atoms with Gasteiger partial charge in [0.1, 0.15) is 12.5 Å². The summed E-state index contributed by atoms with van der Waals surface area (Å²) in [5.74, 6) is 1.34. The molecule has 1 heterocycles. The van der Waals surface area contributed by atoms with E-state index in [0.29, 0.717) is 18.3 Å². The van der Waals surface area contributed by atoms with E-state index in [2.05, 4.69) is 4.90 Å². The number of hydrogen-bond donors (Lipinski definition) is 0. The Morgan fingerprint density at radius 3 is 2.67 bits per heavy atom. The second-order valence-corrected chi connectivity index (χ2v) is 5.25. The Kier molecular flexibility index (Phi) is 6.02. The van der Waals surface area contributed by atoms with Gasteiger partial charge in [0.15, 0.2) is 6.29 Å². The second-order valence-electron chi connectivity index (χ2n) is 5.25. The van der Waals surface area contributed by atoms with Crippen LogP contribution in [0.2, 0.25) is 0 Å². The van der Waals surface area contributed by atoms with Crippen LogP contribution in [-0.2, 0) is 9.47 Å². The molecule has 0 bridgehead atoms. The summed E-state index contributed by atoms with van der Waals surface area (Å²) in [5.41, 5.74) is 1.67. The van der Waals surface area contributed by atoms with E-state index in [-0.39, 0.29) is 0 Å². The summed E-state index contributed by atoms with van der Waals surface area (Å²) in [4.78, 5) is 13.5. The Morgan fingerprint density at radius 1 is 1.29 bits per heavy atom. The van der Waals surface area contributed by atoms with Crippen LogP contribution in [0.15, 0.2) is 18.2 Å². The summed E-state index contributed by atoms with van der Waals surface area (Å²) in [6.07, 6.45) is 3.01. The van der Waals surface area contributed by atoms with E-state index in [9.17, 15) is 4.79 Å². The van der Waals surface area contributed by atoms with Crippen LogP contribution in [0, 0.1) is 5.92 Å². The number of anilines is 1. The Balaban J connectivity index is 1.96. The van der Waals surface area contributed by atoms with Crippen LogP contribution in [0.1, 0.15) is 23.2 Å². The highest BCUT2D eigenvalue weighted by Crippen LogP contribution is 2.29. The van der Waals surface area contributed by atoms with Crippen molar-refractivity contribution in [1.29, 1.82) is 0 Å². The Morgan fingerprint density at radius 2 is 2.05 bits per heavy atom. The van der Waals surface area contributed by atoms with Crippen molar-refractivity contribution in [3.05, 3.63) is 23.8 Å². The molecule has 1 saturated heterocycles. The molecule has 1 aliphatic rings. The normalized spacial score (nSPS) is 16.0.